The number of carbonyl (C=O) groups excluding carboxylic acids is 2. The van der Waals surface area contributed by atoms with Crippen LogP contribution in [0.3, 0.4) is 0 Å². The molecule has 1 saturated carbocycles. The molecule has 7 heteroatoms. The van der Waals surface area contributed by atoms with Crippen LogP contribution in [0.5, 0.6) is 5.75 Å². The van der Waals surface area contributed by atoms with Gasteiger partial charge in [0.1, 0.15) is 5.75 Å². The molecule has 30 heavy (non-hydrogen) atoms. The fraction of sp³-hybridized carbons (Fsp3) is 0.652. The van der Waals surface area contributed by atoms with Crippen LogP contribution in [0.15, 0.2) is 24.3 Å². The van der Waals surface area contributed by atoms with Crippen LogP contribution in [0.2, 0.25) is 0 Å². The Bertz CT molecular complexity index is 776. The second kappa shape index (κ2) is 8.19. The van der Waals surface area contributed by atoms with Gasteiger partial charge in [0.25, 0.3) is 0 Å². The molecule has 2 N–H and O–H groups in total. The molecule has 3 fully saturated rings. The maximum Gasteiger partial charge on any atom is 0.233 e. The van der Waals surface area contributed by atoms with E-state index in [9.17, 15) is 9.59 Å². The number of nitrogens with zero attached hydrogens (tertiary/aromatic N) is 2. The summed E-state index contributed by atoms with van der Waals surface area (Å²) in [5.41, 5.74) is 6.04. The lowest BCUT2D eigenvalue weighted by Gasteiger charge is -2.50. The molecule has 0 atom stereocenters. The molecule has 0 aromatic heterocycles. The molecule has 0 bridgehead atoms. The second-order valence-corrected chi connectivity index (χ2v) is 9.10. The number of benzene rings is 1. The first-order valence-corrected chi connectivity index (χ1v) is 10.9. The normalized spacial score (nSPS) is 22.9. The standard InChI is InChI=1S/C23H33N3O4/c1-29-14-11-22(20(24)27)9-12-25(13-10-22)18-15-26(16-18)21(28)23(7-8-23)17-3-5-19(30-2)6-4-17/h3-6,18H,7-16H2,1-2H3,(H2,24,27). The molecule has 164 valence electrons. The van der Waals surface area contributed by atoms with Crippen molar-refractivity contribution in [1.29, 1.82) is 0 Å². The minimum atomic E-state index is -0.446. The Kier molecular flexibility index (Phi) is 5.77. The quantitative estimate of drug-likeness (QED) is 0.696. The molecule has 0 spiro atoms. The van der Waals surface area contributed by atoms with E-state index < -0.39 is 5.41 Å². The van der Waals surface area contributed by atoms with Crippen molar-refractivity contribution >= 4 is 11.8 Å². The zero-order valence-corrected chi connectivity index (χ0v) is 18.1. The molecule has 2 heterocycles. The van der Waals surface area contributed by atoms with Crippen LogP contribution in [0.4, 0.5) is 0 Å². The molecule has 7 nitrogen and oxygen atoms in total. The number of likely N-dealkylation sites (tertiary alicyclic amines) is 2. The van der Waals surface area contributed by atoms with Gasteiger partial charge in [-0.05, 0) is 62.9 Å². The number of carbonyl (C=O) groups is 2. The van der Waals surface area contributed by atoms with Gasteiger partial charge < -0.3 is 20.1 Å². The summed E-state index contributed by atoms with van der Waals surface area (Å²) in [4.78, 5) is 29.7. The molecule has 4 rings (SSSR count). The van der Waals surface area contributed by atoms with Gasteiger partial charge in [-0.2, -0.15) is 0 Å². The van der Waals surface area contributed by atoms with Gasteiger partial charge in [0.05, 0.1) is 17.9 Å². The Morgan fingerprint density at radius 2 is 1.70 bits per heavy atom. The van der Waals surface area contributed by atoms with E-state index in [1.54, 1.807) is 14.2 Å². The molecule has 1 aliphatic carbocycles. The molecule has 0 unspecified atom stereocenters. The van der Waals surface area contributed by atoms with Crippen molar-refractivity contribution in [3.63, 3.8) is 0 Å². The van der Waals surface area contributed by atoms with E-state index in [-0.39, 0.29) is 17.2 Å². The van der Waals surface area contributed by atoms with Gasteiger partial charge in [0, 0.05) is 32.8 Å². The zero-order chi connectivity index (χ0) is 21.4. The number of rotatable bonds is 8. The summed E-state index contributed by atoms with van der Waals surface area (Å²) in [6.07, 6.45) is 4.07. The van der Waals surface area contributed by atoms with E-state index in [0.29, 0.717) is 19.1 Å². The Balaban J connectivity index is 1.31. The van der Waals surface area contributed by atoms with Crippen molar-refractivity contribution in [2.24, 2.45) is 11.1 Å². The highest BCUT2D eigenvalue weighted by molar-refractivity contribution is 5.92. The average molecular weight is 416 g/mol. The van der Waals surface area contributed by atoms with Gasteiger partial charge >= 0.3 is 0 Å². The first-order chi connectivity index (χ1) is 14.4. The minimum Gasteiger partial charge on any atom is -0.497 e. The summed E-state index contributed by atoms with van der Waals surface area (Å²) in [7, 11) is 3.31. The largest absolute Gasteiger partial charge is 0.497 e. The SMILES string of the molecule is COCCC1(C(N)=O)CCN(C2CN(C(=O)C3(c4ccc(OC)cc4)CC3)C2)CC1. The average Bonchev–Trinajstić information content (AvgIpc) is 3.54. The van der Waals surface area contributed by atoms with Gasteiger partial charge in [0.15, 0.2) is 0 Å². The van der Waals surface area contributed by atoms with E-state index in [2.05, 4.69) is 4.90 Å². The summed E-state index contributed by atoms with van der Waals surface area (Å²) in [5.74, 6) is 0.862. The molecular weight excluding hydrogens is 382 g/mol. The second-order valence-electron chi connectivity index (χ2n) is 9.10. The number of piperidine rings is 1. The highest BCUT2D eigenvalue weighted by Crippen LogP contribution is 2.50. The van der Waals surface area contributed by atoms with E-state index in [1.807, 2.05) is 29.2 Å². The van der Waals surface area contributed by atoms with Crippen molar-refractivity contribution in [1.82, 2.24) is 9.80 Å². The molecule has 0 radical (unpaired) electrons. The monoisotopic (exact) mass is 415 g/mol. The van der Waals surface area contributed by atoms with Crippen molar-refractivity contribution in [3.8, 4) is 5.75 Å². The van der Waals surface area contributed by atoms with Gasteiger partial charge in [-0.15, -0.1) is 0 Å². The lowest BCUT2D eigenvalue weighted by molar-refractivity contribution is -0.143. The molecule has 2 saturated heterocycles. The van der Waals surface area contributed by atoms with E-state index >= 15 is 0 Å². The summed E-state index contributed by atoms with van der Waals surface area (Å²) in [6, 6.07) is 8.30. The highest BCUT2D eigenvalue weighted by Gasteiger charge is 2.55. The number of primary amides is 1. The van der Waals surface area contributed by atoms with Crippen LogP contribution in [0.1, 0.15) is 37.7 Å². The number of amides is 2. The number of ether oxygens (including phenoxy) is 2. The maximum absolute atomic E-state index is 13.2. The number of hydrogen-bond acceptors (Lipinski definition) is 5. The third kappa shape index (κ3) is 3.69. The summed E-state index contributed by atoms with van der Waals surface area (Å²) < 4.78 is 10.4. The minimum absolute atomic E-state index is 0.209. The fourth-order valence-corrected chi connectivity index (χ4v) is 5.05. The van der Waals surface area contributed by atoms with E-state index in [1.165, 1.54) is 0 Å². The molecule has 1 aromatic rings. The van der Waals surface area contributed by atoms with Gasteiger partial charge in [-0.25, -0.2) is 0 Å². The first-order valence-electron chi connectivity index (χ1n) is 10.9. The van der Waals surface area contributed by atoms with Crippen LogP contribution >= 0.6 is 0 Å². The van der Waals surface area contributed by atoms with Crippen LogP contribution in [0, 0.1) is 5.41 Å². The predicted octanol–water partition coefficient (Wildman–Crippen LogP) is 1.54. The Labute approximate surface area is 178 Å². The van der Waals surface area contributed by atoms with E-state index in [0.717, 1.165) is 63.2 Å². The maximum atomic E-state index is 13.2. The van der Waals surface area contributed by atoms with Gasteiger partial charge in [0.2, 0.25) is 11.8 Å². The van der Waals surface area contributed by atoms with Crippen molar-refractivity contribution in [3.05, 3.63) is 29.8 Å². The molecule has 2 aliphatic heterocycles. The first kappa shape index (κ1) is 21.1. The number of nitrogens with two attached hydrogens (primary N) is 1. The van der Waals surface area contributed by atoms with E-state index in [4.69, 9.17) is 15.2 Å². The van der Waals surface area contributed by atoms with Crippen LogP contribution in [0.25, 0.3) is 0 Å². The highest BCUT2D eigenvalue weighted by atomic mass is 16.5. The van der Waals surface area contributed by atoms with Gasteiger partial charge in [-0.3, -0.25) is 14.5 Å². The van der Waals surface area contributed by atoms with Crippen molar-refractivity contribution < 1.29 is 19.1 Å². The Morgan fingerprint density at radius 1 is 1.07 bits per heavy atom. The molecular formula is C23H33N3O4. The fourth-order valence-electron chi connectivity index (χ4n) is 5.05. The summed E-state index contributed by atoms with van der Waals surface area (Å²) in [6.45, 7) is 3.81. The van der Waals surface area contributed by atoms with Crippen molar-refractivity contribution in [2.75, 3.05) is 47.0 Å². The molecule has 2 amide bonds. The van der Waals surface area contributed by atoms with Gasteiger partial charge in [-0.1, -0.05) is 12.1 Å². The lowest BCUT2D eigenvalue weighted by atomic mass is 9.74. The number of methoxy groups -OCH3 is 2. The zero-order valence-electron chi connectivity index (χ0n) is 18.1. The molecule has 3 aliphatic rings. The van der Waals surface area contributed by atoms with Crippen LogP contribution < -0.4 is 10.5 Å². The Hall–Kier alpha value is -2.12. The predicted molar refractivity (Wildman–Crippen MR) is 113 cm³/mol. The van der Waals surface area contributed by atoms with Crippen LogP contribution in [-0.4, -0.2) is 74.7 Å². The summed E-state index contributed by atoms with van der Waals surface area (Å²) in [5, 5.41) is 0. The third-order valence-corrected chi connectivity index (χ3v) is 7.53. The topological polar surface area (TPSA) is 85.1 Å². The lowest BCUT2D eigenvalue weighted by Crippen LogP contribution is -2.64. The summed E-state index contributed by atoms with van der Waals surface area (Å²) >= 11 is 0. The third-order valence-electron chi connectivity index (χ3n) is 7.53. The van der Waals surface area contributed by atoms with Crippen molar-refractivity contribution in [2.45, 2.75) is 43.6 Å². The molecule has 1 aromatic carbocycles. The van der Waals surface area contributed by atoms with Crippen LogP contribution in [-0.2, 0) is 19.7 Å². The smallest absolute Gasteiger partial charge is 0.233 e. The Morgan fingerprint density at radius 3 is 2.20 bits per heavy atom. The number of hydrogen-bond donors (Lipinski definition) is 1.